The highest BCUT2D eigenvalue weighted by atomic mass is 19.1. The molecule has 0 atom stereocenters. The average molecular weight is 249 g/mol. The number of anilines is 1. The molecule has 2 rings (SSSR count). The highest BCUT2D eigenvalue weighted by molar-refractivity contribution is 5.62. The maximum atomic E-state index is 12.9. The van der Waals surface area contributed by atoms with Gasteiger partial charge in [-0.05, 0) is 44.0 Å². The third kappa shape index (κ3) is 2.71. The summed E-state index contributed by atoms with van der Waals surface area (Å²) in [7, 11) is 0. The quantitative estimate of drug-likeness (QED) is 0.745. The van der Waals surface area contributed by atoms with Crippen LogP contribution in [0, 0.1) is 11.2 Å². The molecule has 98 valence electrons. The SMILES string of the molecule is CCN(CC1(C=O)CCCC1)c1ccc(F)cc1. The molecular weight excluding hydrogens is 229 g/mol. The van der Waals surface area contributed by atoms with Crippen LogP contribution in [-0.2, 0) is 4.79 Å². The van der Waals surface area contributed by atoms with Gasteiger partial charge in [0.2, 0.25) is 0 Å². The predicted molar refractivity (Wildman–Crippen MR) is 71.3 cm³/mol. The van der Waals surface area contributed by atoms with Crippen molar-refractivity contribution < 1.29 is 9.18 Å². The fourth-order valence-electron chi connectivity index (χ4n) is 2.81. The van der Waals surface area contributed by atoms with Crippen LogP contribution in [0.1, 0.15) is 32.6 Å². The van der Waals surface area contributed by atoms with Gasteiger partial charge in [0.05, 0.1) is 0 Å². The van der Waals surface area contributed by atoms with Gasteiger partial charge in [0.15, 0.2) is 0 Å². The van der Waals surface area contributed by atoms with E-state index in [0.29, 0.717) is 0 Å². The van der Waals surface area contributed by atoms with E-state index in [2.05, 4.69) is 11.8 Å². The van der Waals surface area contributed by atoms with Crippen molar-refractivity contribution in [3.8, 4) is 0 Å². The Balaban J connectivity index is 2.13. The Morgan fingerprint density at radius 3 is 2.39 bits per heavy atom. The van der Waals surface area contributed by atoms with Gasteiger partial charge < -0.3 is 9.69 Å². The number of benzene rings is 1. The molecule has 0 amide bonds. The summed E-state index contributed by atoms with van der Waals surface area (Å²) in [6.07, 6.45) is 5.37. The average Bonchev–Trinajstić information content (AvgIpc) is 2.86. The summed E-state index contributed by atoms with van der Waals surface area (Å²) in [5, 5.41) is 0. The smallest absolute Gasteiger partial charge is 0.127 e. The molecule has 0 heterocycles. The number of aldehydes is 1. The van der Waals surface area contributed by atoms with Gasteiger partial charge in [-0.1, -0.05) is 12.8 Å². The van der Waals surface area contributed by atoms with E-state index >= 15 is 0 Å². The van der Waals surface area contributed by atoms with E-state index in [4.69, 9.17) is 0 Å². The first-order chi connectivity index (χ1) is 8.69. The molecule has 1 saturated carbocycles. The Kier molecular flexibility index (Phi) is 4.00. The molecule has 1 aromatic rings. The molecule has 1 aromatic carbocycles. The van der Waals surface area contributed by atoms with E-state index in [1.807, 2.05) is 0 Å². The fraction of sp³-hybridized carbons (Fsp3) is 0.533. The van der Waals surface area contributed by atoms with E-state index in [1.54, 1.807) is 12.1 Å². The molecule has 0 N–H and O–H groups in total. The van der Waals surface area contributed by atoms with E-state index in [-0.39, 0.29) is 11.2 Å². The lowest BCUT2D eigenvalue weighted by atomic mass is 9.87. The molecule has 3 heteroatoms. The number of hydrogen-bond acceptors (Lipinski definition) is 2. The summed E-state index contributed by atoms with van der Waals surface area (Å²) in [4.78, 5) is 13.5. The van der Waals surface area contributed by atoms with Crippen molar-refractivity contribution in [3.05, 3.63) is 30.1 Å². The molecular formula is C15H20FNO. The van der Waals surface area contributed by atoms with Gasteiger partial charge in [0, 0.05) is 24.2 Å². The monoisotopic (exact) mass is 249 g/mol. The Morgan fingerprint density at radius 1 is 1.28 bits per heavy atom. The molecule has 0 saturated heterocycles. The highest BCUT2D eigenvalue weighted by Gasteiger charge is 2.35. The van der Waals surface area contributed by atoms with Crippen LogP contribution in [0.2, 0.25) is 0 Å². The maximum Gasteiger partial charge on any atom is 0.127 e. The van der Waals surface area contributed by atoms with Crippen molar-refractivity contribution in [2.75, 3.05) is 18.0 Å². The van der Waals surface area contributed by atoms with Gasteiger partial charge in [0.25, 0.3) is 0 Å². The molecule has 1 aliphatic carbocycles. The van der Waals surface area contributed by atoms with E-state index < -0.39 is 0 Å². The maximum absolute atomic E-state index is 12.9. The minimum atomic E-state index is -0.222. The molecule has 2 nitrogen and oxygen atoms in total. The van der Waals surface area contributed by atoms with Crippen molar-refractivity contribution in [2.24, 2.45) is 5.41 Å². The number of carbonyl (C=O) groups excluding carboxylic acids is 1. The Morgan fingerprint density at radius 2 is 1.89 bits per heavy atom. The fourth-order valence-corrected chi connectivity index (χ4v) is 2.81. The molecule has 0 radical (unpaired) electrons. The van der Waals surface area contributed by atoms with Gasteiger partial charge in [-0.15, -0.1) is 0 Å². The Hall–Kier alpha value is -1.38. The van der Waals surface area contributed by atoms with Crippen molar-refractivity contribution in [1.82, 2.24) is 0 Å². The summed E-state index contributed by atoms with van der Waals surface area (Å²) in [6, 6.07) is 6.51. The van der Waals surface area contributed by atoms with Crippen LogP contribution in [0.3, 0.4) is 0 Å². The molecule has 0 aliphatic heterocycles. The van der Waals surface area contributed by atoms with Gasteiger partial charge in [-0.3, -0.25) is 0 Å². The second-order valence-corrected chi connectivity index (χ2v) is 5.18. The topological polar surface area (TPSA) is 20.3 Å². The van der Waals surface area contributed by atoms with E-state index in [1.165, 1.54) is 12.1 Å². The van der Waals surface area contributed by atoms with Crippen LogP contribution in [-0.4, -0.2) is 19.4 Å². The minimum absolute atomic E-state index is 0.190. The second-order valence-electron chi connectivity index (χ2n) is 5.18. The number of hydrogen-bond donors (Lipinski definition) is 0. The highest BCUT2D eigenvalue weighted by Crippen LogP contribution is 2.37. The summed E-state index contributed by atoms with van der Waals surface area (Å²) in [5.74, 6) is -0.222. The summed E-state index contributed by atoms with van der Waals surface area (Å²) < 4.78 is 12.9. The Bertz CT molecular complexity index is 395. The summed E-state index contributed by atoms with van der Waals surface area (Å²) in [5.41, 5.74) is 0.803. The minimum Gasteiger partial charge on any atom is -0.371 e. The number of carbonyl (C=O) groups is 1. The van der Waals surface area contributed by atoms with Gasteiger partial charge in [-0.2, -0.15) is 0 Å². The van der Waals surface area contributed by atoms with Crippen LogP contribution in [0.5, 0.6) is 0 Å². The largest absolute Gasteiger partial charge is 0.371 e. The van der Waals surface area contributed by atoms with Crippen LogP contribution in [0.4, 0.5) is 10.1 Å². The van der Waals surface area contributed by atoms with Crippen LogP contribution < -0.4 is 4.90 Å². The zero-order valence-corrected chi connectivity index (χ0v) is 10.9. The van der Waals surface area contributed by atoms with Gasteiger partial charge in [0.1, 0.15) is 12.1 Å². The molecule has 1 fully saturated rings. The number of nitrogens with zero attached hydrogens (tertiary/aromatic N) is 1. The third-order valence-electron chi connectivity index (χ3n) is 3.93. The standard InChI is InChI=1S/C15H20FNO/c1-2-17(14-7-5-13(16)6-8-14)11-15(12-18)9-3-4-10-15/h5-8,12H,2-4,9-11H2,1H3. The normalized spacial score (nSPS) is 17.7. The molecule has 0 aromatic heterocycles. The lowest BCUT2D eigenvalue weighted by Gasteiger charge is -2.32. The van der Waals surface area contributed by atoms with Crippen LogP contribution in [0.25, 0.3) is 0 Å². The first kappa shape index (κ1) is 13.1. The van der Waals surface area contributed by atoms with Gasteiger partial charge in [-0.25, -0.2) is 4.39 Å². The van der Waals surface area contributed by atoms with Crippen molar-refractivity contribution in [2.45, 2.75) is 32.6 Å². The van der Waals surface area contributed by atoms with E-state index in [9.17, 15) is 9.18 Å². The zero-order valence-electron chi connectivity index (χ0n) is 10.9. The van der Waals surface area contributed by atoms with Gasteiger partial charge >= 0.3 is 0 Å². The lowest BCUT2D eigenvalue weighted by Crippen LogP contribution is -2.37. The summed E-state index contributed by atoms with van der Waals surface area (Å²) in [6.45, 7) is 3.65. The Labute approximate surface area is 108 Å². The van der Waals surface area contributed by atoms with Crippen LogP contribution >= 0.6 is 0 Å². The molecule has 18 heavy (non-hydrogen) atoms. The van der Waals surface area contributed by atoms with Crippen molar-refractivity contribution in [3.63, 3.8) is 0 Å². The predicted octanol–water partition coefficient (Wildman–Crippen LogP) is 3.41. The van der Waals surface area contributed by atoms with Crippen molar-refractivity contribution in [1.29, 1.82) is 0 Å². The molecule has 0 unspecified atom stereocenters. The molecule has 0 bridgehead atoms. The molecule has 1 aliphatic rings. The lowest BCUT2D eigenvalue weighted by molar-refractivity contribution is -0.115. The first-order valence-corrected chi connectivity index (χ1v) is 6.66. The second kappa shape index (κ2) is 5.51. The third-order valence-corrected chi connectivity index (χ3v) is 3.93. The zero-order chi connectivity index (χ0) is 13.0. The first-order valence-electron chi connectivity index (χ1n) is 6.66. The van der Waals surface area contributed by atoms with E-state index in [0.717, 1.165) is 50.7 Å². The van der Waals surface area contributed by atoms with Crippen LogP contribution in [0.15, 0.2) is 24.3 Å². The summed E-state index contributed by atoms with van der Waals surface area (Å²) >= 11 is 0. The molecule has 0 spiro atoms. The van der Waals surface area contributed by atoms with Crippen molar-refractivity contribution >= 4 is 12.0 Å². The number of halogens is 1. The number of rotatable bonds is 5.